The second-order valence-electron chi connectivity index (χ2n) is 3.12. The fourth-order valence-corrected chi connectivity index (χ4v) is 2.63. The lowest BCUT2D eigenvalue weighted by Gasteiger charge is -2.05. The van der Waals surface area contributed by atoms with Crippen LogP contribution in [0.15, 0.2) is 11.4 Å². The maximum Gasteiger partial charge on any atom is 0.117 e. The van der Waals surface area contributed by atoms with Crippen LogP contribution in [0.25, 0.3) is 0 Å². The lowest BCUT2D eigenvalue weighted by Crippen LogP contribution is -1.97. The van der Waals surface area contributed by atoms with E-state index in [0.717, 1.165) is 16.1 Å². The molecule has 3 nitrogen and oxygen atoms in total. The molecule has 0 bridgehead atoms. The fourth-order valence-electron chi connectivity index (χ4n) is 1.25. The summed E-state index contributed by atoms with van der Waals surface area (Å²) < 4.78 is 3.81. The van der Waals surface area contributed by atoms with E-state index >= 15 is 0 Å². The number of hydrogen-bond donors (Lipinski definition) is 1. The Morgan fingerprint density at radius 1 is 1.43 bits per heavy atom. The standard InChI is InChI=1S/C9H10N2OS2/c1-5-3-7(4-13-5)8(12)9-6(2)10-11-14-9/h3-4,8,12H,1-2H3. The van der Waals surface area contributed by atoms with Gasteiger partial charge in [0.2, 0.25) is 0 Å². The van der Waals surface area contributed by atoms with Gasteiger partial charge >= 0.3 is 0 Å². The van der Waals surface area contributed by atoms with Crippen LogP contribution in [0, 0.1) is 13.8 Å². The molecule has 0 saturated heterocycles. The van der Waals surface area contributed by atoms with Crippen molar-refractivity contribution in [2.45, 2.75) is 20.0 Å². The second-order valence-corrected chi connectivity index (χ2v) is 5.02. The van der Waals surface area contributed by atoms with Crippen LogP contribution in [0.5, 0.6) is 0 Å². The zero-order chi connectivity index (χ0) is 10.1. The summed E-state index contributed by atoms with van der Waals surface area (Å²) in [5, 5.41) is 15.9. The first-order valence-electron chi connectivity index (χ1n) is 4.20. The van der Waals surface area contributed by atoms with Gasteiger partial charge in [0.15, 0.2) is 0 Å². The van der Waals surface area contributed by atoms with E-state index in [9.17, 15) is 5.11 Å². The summed E-state index contributed by atoms with van der Waals surface area (Å²) in [6, 6.07) is 1.99. The highest BCUT2D eigenvalue weighted by Gasteiger charge is 2.17. The average Bonchev–Trinajstić information content (AvgIpc) is 2.73. The molecular weight excluding hydrogens is 216 g/mol. The van der Waals surface area contributed by atoms with Crippen LogP contribution in [0.2, 0.25) is 0 Å². The molecule has 2 heterocycles. The summed E-state index contributed by atoms with van der Waals surface area (Å²) in [5.74, 6) is 0. The Kier molecular flexibility index (Phi) is 2.62. The van der Waals surface area contributed by atoms with Crippen molar-refractivity contribution in [3.05, 3.63) is 32.5 Å². The zero-order valence-electron chi connectivity index (χ0n) is 7.89. The minimum absolute atomic E-state index is 0.569. The minimum atomic E-state index is -0.569. The smallest absolute Gasteiger partial charge is 0.117 e. The number of aromatic nitrogens is 2. The van der Waals surface area contributed by atoms with Crippen molar-refractivity contribution >= 4 is 22.9 Å². The van der Waals surface area contributed by atoms with Gasteiger partial charge in [0.25, 0.3) is 0 Å². The number of thiophene rings is 1. The van der Waals surface area contributed by atoms with Crippen molar-refractivity contribution in [3.63, 3.8) is 0 Å². The Morgan fingerprint density at radius 2 is 2.21 bits per heavy atom. The van der Waals surface area contributed by atoms with E-state index in [1.54, 1.807) is 11.3 Å². The normalized spacial score (nSPS) is 13.1. The van der Waals surface area contributed by atoms with Gasteiger partial charge in [0.05, 0.1) is 10.6 Å². The van der Waals surface area contributed by atoms with Gasteiger partial charge in [0, 0.05) is 4.88 Å². The van der Waals surface area contributed by atoms with Crippen molar-refractivity contribution < 1.29 is 5.11 Å². The maximum atomic E-state index is 10.0. The van der Waals surface area contributed by atoms with E-state index in [1.165, 1.54) is 16.4 Å². The lowest BCUT2D eigenvalue weighted by molar-refractivity contribution is 0.223. The molecule has 14 heavy (non-hydrogen) atoms. The van der Waals surface area contributed by atoms with Gasteiger partial charge in [-0.2, -0.15) is 0 Å². The maximum absolute atomic E-state index is 10.0. The average molecular weight is 226 g/mol. The van der Waals surface area contributed by atoms with Crippen LogP contribution < -0.4 is 0 Å². The zero-order valence-corrected chi connectivity index (χ0v) is 9.52. The van der Waals surface area contributed by atoms with E-state index in [2.05, 4.69) is 9.59 Å². The number of aliphatic hydroxyl groups excluding tert-OH is 1. The predicted octanol–water partition coefficient (Wildman–Crippen LogP) is 2.30. The third-order valence-electron chi connectivity index (χ3n) is 2.00. The van der Waals surface area contributed by atoms with Crippen molar-refractivity contribution in [2.24, 2.45) is 0 Å². The summed E-state index contributed by atoms with van der Waals surface area (Å²) in [6.07, 6.45) is -0.569. The van der Waals surface area contributed by atoms with Crippen molar-refractivity contribution in [2.75, 3.05) is 0 Å². The molecule has 1 unspecified atom stereocenters. The van der Waals surface area contributed by atoms with Crippen LogP contribution in [-0.4, -0.2) is 14.7 Å². The number of aryl methyl sites for hydroxylation is 2. The topological polar surface area (TPSA) is 46.0 Å². The van der Waals surface area contributed by atoms with Gasteiger partial charge in [-0.15, -0.1) is 16.4 Å². The van der Waals surface area contributed by atoms with Crippen LogP contribution in [0.3, 0.4) is 0 Å². The molecule has 0 spiro atoms. The molecule has 2 aromatic rings. The summed E-state index contributed by atoms with van der Waals surface area (Å²) in [7, 11) is 0. The van der Waals surface area contributed by atoms with E-state index < -0.39 is 6.10 Å². The van der Waals surface area contributed by atoms with Gasteiger partial charge in [-0.25, -0.2) is 0 Å². The highest BCUT2D eigenvalue weighted by molar-refractivity contribution is 7.10. The van der Waals surface area contributed by atoms with Crippen molar-refractivity contribution in [1.82, 2.24) is 9.59 Å². The SMILES string of the molecule is Cc1cc(C(O)c2snnc2C)cs1. The predicted molar refractivity (Wildman–Crippen MR) is 57.8 cm³/mol. The largest absolute Gasteiger partial charge is 0.383 e. The van der Waals surface area contributed by atoms with Crippen molar-refractivity contribution in [1.29, 1.82) is 0 Å². The summed E-state index contributed by atoms with van der Waals surface area (Å²) >= 11 is 2.89. The summed E-state index contributed by atoms with van der Waals surface area (Å²) in [6.45, 7) is 3.89. The van der Waals surface area contributed by atoms with E-state index in [-0.39, 0.29) is 0 Å². The molecule has 2 aromatic heterocycles. The minimum Gasteiger partial charge on any atom is -0.383 e. The Morgan fingerprint density at radius 3 is 2.71 bits per heavy atom. The molecule has 0 radical (unpaired) electrons. The Hall–Kier alpha value is -0.780. The number of nitrogens with zero attached hydrogens (tertiary/aromatic N) is 2. The molecule has 0 aliphatic heterocycles. The Labute approximate surface area is 90.2 Å². The lowest BCUT2D eigenvalue weighted by atomic mass is 10.1. The summed E-state index contributed by atoms with van der Waals surface area (Å²) in [4.78, 5) is 2.04. The van der Waals surface area contributed by atoms with Crippen LogP contribution in [0.4, 0.5) is 0 Å². The van der Waals surface area contributed by atoms with Gasteiger partial charge in [-0.3, -0.25) is 0 Å². The quantitative estimate of drug-likeness (QED) is 0.854. The van der Waals surface area contributed by atoms with Crippen molar-refractivity contribution in [3.8, 4) is 0 Å². The Balaban J connectivity index is 2.33. The molecule has 0 saturated carbocycles. The summed E-state index contributed by atoms with van der Waals surface area (Å²) in [5.41, 5.74) is 1.74. The molecule has 0 amide bonds. The van der Waals surface area contributed by atoms with Gasteiger partial charge in [-0.1, -0.05) is 4.49 Å². The highest BCUT2D eigenvalue weighted by atomic mass is 32.1. The molecule has 2 rings (SSSR count). The van der Waals surface area contributed by atoms with Crippen LogP contribution in [0.1, 0.15) is 27.1 Å². The highest BCUT2D eigenvalue weighted by Crippen LogP contribution is 2.29. The molecule has 1 atom stereocenters. The third kappa shape index (κ3) is 1.70. The van der Waals surface area contributed by atoms with E-state index in [4.69, 9.17) is 0 Å². The molecule has 74 valence electrons. The number of hydrogen-bond acceptors (Lipinski definition) is 5. The molecule has 0 aliphatic carbocycles. The Bertz CT molecular complexity index is 435. The molecule has 5 heteroatoms. The first kappa shape index (κ1) is 9.76. The van der Waals surface area contributed by atoms with Crippen LogP contribution in [-0.2, 0) is 0 Å². The fraction of sp³-hybridized carbons (Fsp3) is 0.333. The molecule has 0 aliphatic rings. The van der Waals surface area contributed by atoms with E-state index in [0.29, 0.717) is 0 Å². The third-order valence-corrected chi connectivity index (χ3v) is 3.76. The van der Waals surface area contributed by atoms with E-state index in [1.807, 2.05) is 25.3 Å². The molecule has 1 N–H and O–H groups in total. The first-order chi connectivity index (χ1) is 6.68. The first-order valence-corrected chi connectivity index (χ1v) is 5.85. The van der Waals surface area contributed by atoms with Gasteiger partial charge in [-0.05, 0) is 42.4 Å². The molecule has 0 aromatic carbocycles. The van der Waals surface area contributed by atoms with Gasteiger partial charge in [0.1, 0.15) is 6.10 Å². The van der Waals surface area contributed by atoms with Crippen LogP contribution >= 0.6 is 22.9 Å². The number of aliphatic hydroxyl groups is 1. The number of rotatable bonds is 2. The molecule has 0 fully saturated rings. The monoisotopic (exact) mass is 226 g/mol. The second kappa shape index (κ2) is 3.76. The molecular formula is C9H10N2OS2. The van der Waals surface area contributed by atoms with Gasteiger partial charge < -0.3 is 5.11 Å².